The second-order valence-corrected chi connectivity index (χ2v) is 8.34. The monoisotopic (exact) mass is 400 g/mol. The first-order valence-corrected chi connectivity index (χ1v) is 10.7. The Bertz CT molecular complexity index is 1040. The van der Waals surface area contributed by atoms with Crippen LogP contribution >= 0.6 is 0 Å². The molecule has 30 heavy (non-hydrogen) atoms. The molecule has 0 aromatic heterocycles. The molecule has 1 aliphatic heterocycles. The lowest BCUT2D eigenvalue weighted by atomic mass is 9.99. The molecule has 4 heteroatoms. The average molecular weight is 401 g/mol. The van der Waals surface area contributed by atoms with Crippen LogP contribution in [0.25, 0.3) is 10.8 Å². The molecule has 0 aliphatic carbocycles. The summed E-state index contributed by atoms with van der Waals surface area (Å²) in [6, 6.07) is 21.8. The molecule has 154 valence electrons. The fourth-order valence-corrected chi connectivity index (χ4v) is 4.10. The molecule has 1 heterocycles. The highest BCUT2D eigenvalue weighted by Crippen LogP contribution is 2.22. The summed E-state index contributed by atoms with van der Waals surface area (Å²) in [5, 5.41) is 5.20. The number of hydrogen-bond donors (Lipinski definition) is 1. The molecule has 4 nitrogen and oxygen atoms in total. The van der Waals surface area contributed by atoms with E-state index in [2.05, 4.69) is 19.2 Å². The van der Waals surface area contributed by atoms with E-state index in [0.29, 0.717) is 24.6 Å². The van der Waals surface area contributed by atoms with E-state index in [9.17, 15) is 9.59 Å². The van der Waals surface area contributed by atoms with Crippen LogP contribution in [0.1, 0.15) is 58.9 Å². The number of fused-ring (bicyclic) bond motifs is 1. The first-order valence-electron chi connectivity index (χ1n) is 10.7. The van der Waals surface area contributed by atoms with Crippen LogP contribution in [-0.2, 0) is 0 Å². The van der Waals surface area contributed by atoms with Crippen molar-refractivity contribution in [3.63, 3.8) is 0 Å². The molecule has 3 aromatic carbocycles. The Morgan fingerprint density at radius 1 is 0.900 bits per heavy atom. The summed E-state index contributed by atoms with van der Waals surface area (Å²) >= 11 is 0. The molecule has 1 saturated heterocycles. The molecule has 0 unspecified atom stereocenters. The number of nitrogens with one attached hydrogen (secondary N) is 1. The summed E-state index contributed by atoms with van der Waals surface area (Å²) in [7, 11) is 0. The number of piperidine rings is 1. The van der Waals surface area contributed by atoms with Gasteiger partial charge in [-0.05, 0) is 53.3 Å². The zero-order chi connectivity index (χ0) is 21.1. The van der Waals surface area contributed by atoms with Gasteiger partial charge in [0, 0.05) is 30.3 Å². The van der Waals surface area contributed by atoms with E-state index in [1.807, 2.05) is 71.6 Å². The standard InChI is InChI=1S/C26H28N2O2/c1-18(2)19-10-12-21(13-11-19)25(29)27-22-14-16-28(17-15-22)26(30)24-9-5-7-20-6-3-4-8-23(20)24/h3-13,18,22H,14-17H2,1-2H3,(H,27,29). The van der Waals surface area contributed by atoms with Gasteiger partial charge in [-0.25, -0.2) is 0 Å². The zero-order valence-corrected chi connectivity index (χ0v) is 17.6. The van der Waals surface area contributed by atoms with Crippen molar-refractivity contribution in [1.29, 1.82) is 0 Å². The lowest BCUT2D eigenvalue weighted by Crippen LogP contribution is -2.46. The minimum absolute atomic E-state index is 0.0378. The third kappa shape index (κ3) is 4.23. The minimum Gasteiger partial charge on any atom is -0.349 e. The smallest absolute Gasteiger partial charge is 0.254 e. The summed E-state index contributed by atoms with van der Waals surface area (Å²) in [5.74, 6) is 0.482. The molecule has 1 N–H and O–H groups in total. The average Bonchev–Trinajstić information content (AvgIpc) is 2.78. The molecule has 0 bridgehead atoms. The molecule has 4 rings (SSSR count). The quantitative estimate of drug-likeness (QED) is 0.670. The Kier molecular flexibility index (Phi) is 5.84. The molecular formula is C26H28N2O2. The Hall–Kier alpha value is -3.14. The van der Waals surface area contributed by atoms with Crippen LogP contribution < -0.4 is 5.32 Å². The van der Waals surface area contributed by atoms with E-state index in [-0.39, 0.29) is 17.9 Å². The highest BCUT2D eigenvalue weighted by Gasteiger charge is 2.25. The molecule has 1 fully saturated rings. The maximum Gasteiger partial charge on any atom is 0.254 e. The van der Waals surface area contributed by atoms with Gasteiger partial charge in [0.05, 0.1) is 0 Å². The maximum atomic E-state index is 13.1. The van der Waals surface area contributed by atoms with Gasteiger partial charge in [-0.2, -0.15) is 0 Å². The van der Waals surface area contributed by atoms with E-state index in [0.717, 1.165) is 29.2 Å². The Balaban J connectivity index is 1.36. The van der Waals surface area contributed by atoms with Crippen LogP contribution in [-0.4, -0.2) is 35.8 Å². The molecule has 0 spiro atoms. The van der Waals surface area contributed by atoms with Crippen molar-refractivity contribution >= 4 is 22.6 Å². The number of carbonyl (C=O) groups excluding carboxylic acids is 2. The fourth-order valence-electron chi connectivity index (χ4n) is 4.10. The Morgan fingerprint density at radius 2 is 1.57 bits per heavy atom. The van der Waals surface area contributed by atoms with Crippen molar-refractivity contribution < 1.29 is 9.59 Å². The van der Waals surface area contributed by atoms with Gasteiger partial charge in [0.1, 0.15) is 0 Å². The van der Waals surface area contributed by atoms with Gasteiger partial charge in [0.25, 0.3) is 11.8 Å². The van der Waals surface area contributed by atoms with E-state index >= 15 is 0 Å². The van der Waals surface area contributed by atoms with Crippen molar-refractivity contribution in [2.45, 2.75) is 38.6 Å². The van der Waals surface area contributed by atoms with Crippen LogP contribution in [0.3, 0.4) is 0 Å². The van der Waals surface area contributed by atoms with Gasteiger partial charge in [0.2, 0.25) is 0 Å². The van der Waals surface area contributed by atoms with Gasteiger partial charge in [-0.3, -0.25) is 9.59 Å². The van der Waals surface area contributed by atoms with Gasteiger partial charge in [-0.1, -0.05) is 62.4 Å². The van der Waals surface area contributed by atoms with Crippen molar-refractivity contribution in [1.82, 2.24) is 10.2 Å². The van der Waals surface area contributed by atoms with Crippen LogP contribution in [0, 0.1) is 0 Å². The SMILES string of the molecule is CC(C)c1ccc(C(=O)NC2CCN(C(=O)c3cccc4ccccc34)CC2)cc1. The highest BCUT2D eigenvalue weighted by atomic mass is 16.2. The van der Waals surface area contributed by atoms with E-state index in [4.69, 9.17) is 0 Å². The van der Waals surface area contributed by atoms with Crippen molar-refractivity contribution in [3.05, 3.63) is 83.4 Å². The minimum atomic E-state index is -0.0378. The number of amides is 2. The second kappa shape index (κ2) is 8.70. The van der Waals surface area contributed by atoms with Gasteiger partial charge in [0.15, 0.2) is 0 Å². The first kappa shape index (κ1) is 20.1. The van der Waals surface area contributed by atoms with Gasteiger partial charge >= 0.3 is 0 Å². The molecule has 0 atom stereocenters. The van der Waals surface area contributed by atoms with Crippen molar-refractivity contribution in [2.75, 3.05) is 13.1 Å². The molecular weight excluding hydrogens is 372 g/mol. The van der Waals surface area contributed by atoms with Crippen molar-refractivity contribution in [2.24, 2.45) is 0 Å². The number of hydrogen-bond acceptors (Lipinski definition) is 2. The summed E-state index contributed by atoms with van der Waals surface area (Å²) in [5.41, 5.74) is 2.67. The van der Waals surface area contributed by atoms with Crippen LogP contribution in [0.4, 0.5) is 0 Å². The molecule has 0 saturated carbocycles. The van der Waals surface area contributed by atoms with Crippen molar-refractivity contribution in [3.8, 4) is 0 Å². The third-order valence-electron chi connectivity index (χ3n) is 5.98. The van der Waals surface area contributed by atoms with Crippen LogP contribution in [0.5, 0.6) is 0 Å². The molecule has 0 radical (unpaired) electrons. The predicted molar refractivity (Wildman–Crippen MR) is 121 cm³/mol. The molecule has 3 aromatic rings. The topological polar surface area (TPSA) is 49.4 Å². The predicted octanol–water partition coefficient (Wildman–Crippen LogP) is 5.00. The van der Waals surface area contributed by atoms with E-state index in [1.54, 1.807) is 0 Å². The van der Waals surface area contributed by atoms with Gasteiger partial charge < -0.3 is 10.2 Å². The summed E-state index contributed by atoms with van der Waals surface area (Å²) in [6.45, 7) is 5.59. The van der Waals surface area contributed by atoms with Crippen LogP contribution in [0.15, 0.2) is 66.7 Å². The first-order chi connectivity index (χ1) is 14.5. The van der Waals surface area contributed by atoms with E-state index < -0.39 is 0 Å². The number of likely N-dealkylation sites (tertiary alicyclic amines) is 1. The highest BCUT2D eigenvalue weighted by molar-refractivity contribution is 6.07. The summed E-state index contributed by atoms with van der Waals surface area (Å²) < 4.78 is 0. The number of rotatable bonds is 4. The lowest BCUT2D eigenvalue weighted by Gasteiger charge is -2.32. The Morgan fingerprint density at radius 3 is 2.27 bits per heavy atom. The van der Waals surface area contributed by atoms with E-state index in [1.165, 1.54) is 5.56 Å². The number of benzene rings is 3. The third-order valence-corrected chi connectivity index (χ3v) is 5.98. The number of nitrogens with zero attached hydrogens (tertiary/aromatic N) is 1. The fraction of sp³-hybridized carbons (Fsp3) is 0.308. The second-order valence-electron chi connectivity index (χ2n) is 8.34. The zero-order valence-electron chi connectivity index (χ0n) is 17.6. The Labute approximate surface area is 177 Å². The van der Waals surface area contributed by atoms with Crippen LogP contribution in [0.2, 0.25) is 0 Å². The largest absolute Gasteiger partial charge is 0.349 e. The maximum absolute atomic E-state index is 13.1. The molecule has 1 aliphatic rings. The summed E-state index contributed by atoms with van der Waals surface area (Å²) in [6.07, 6.45) is 1.54. The summed E-state index contributed by atoms with van der Waals surface area (Å²) in [4.78, 5) is 27.6. The number of carbonyl (C=O) groups is 2. The molecule has 2 amide bonds. The normalized spacial score (nSPS) is 14.8. The van der Waals surface area contributed by atoms with Gasteiger partial charge in [-0.15, -0.1) is 0 Å². The lowest BCUT2D eigenvalue weighted by molar-refractivity contribution is 0.0700.